The van der Waals surface area contributed by atoms with E-state index >= 15 is 0 Å². The van der Waals surface area contributed by atoms with Gasteiger partial charge in [0.15, 0.2) is 0 Å². The Balaban J connectivity index is 1.20. The van der Waals surface area contributed by atoms with Gasteiger partial charge in [0.2, 0.25) is 5.91 Å². The van der Waals surface area contributed by atoms with Crippen LogP contribution in [0.4, 0.5) is 0 Å². The van der Waals surface area contributed by atoms with E-state index in [9.17, 15) is 14.4 Å². The molecule has 1 aromatic heterocycles. The van der Waals surface area contributed by atoms with Gasteiger partial charge in [0.1, 0.15) is 11.7 Å². The fourth-order valence-electron chi connectivity index (χ4n) is 6.39. The van der Waals surface area contributed by atoms with Crippen molar-refractivity contribution in [3.05, 3.63) is 95.1 Å². The van der Waals surface area contributed by atoms with Crippen molar-refractivity contribution in [2.24, 2.45) is 11.3 Å². The third-order valence-electron chi connectivity index (χ3n) is 8.79. The fourth-order valence-corrected chi connectivity index (χ4v) is 6.59. The number of hydrogen-bond donors (Lipinski definition) is 2. The molecular formula is C34H35ClN4O3. The second kappa shape index (κ2) is 10.6. The molecule has 6 rings (SSSR count). The summed E-state index contributed by atoms with van der Waals surface area (Å²) >= 11 is 6.54. The maximum absolute atomic E-state index is 14.0. The van der Waals surface area contributed by atoms with Gasteiger partial charge in [0, 0.05) is 29.9 Å². The van der Waals surface area contributed by atoms with E-state index in [1.165, 1.54) is 0 Å². The standard InChI is InChI=1S/C34H35ClN4O3/c1-20-28-19-39(33(42)30(34(2,3)4)37-31(40)27-17-23-12-8-9-13-26(23)36-27)29(20)18-38(28)32(41)24-16-22(14-15-25(24)35)21-10-6-5-7-11-21/h5-17,20,28-30,36H,18-19H2,1-4H3,(H,37,40)/t20-,28-,29-,30-/m1/s1. The second-order valence-electron chi connectivity index (χ2n) is 12.5. The van der Waals surface area contributed by atoms with Crippen LogP contribution in [0.2, 0.25) is 5.02 Å². The molecule has 3 heterocycles. The maximum atomic E-state index is 14.0. The lowest BCUT2D eigenvalue weighted by Crippen LogP contribution is -2.59. The van der Waals surface area contributed by atoms with Crippen LogP contribution in [0.25, 0.3) is 22.0 Å². The van der Waals surface area contributed by atoms with Gasteiger partial charge in [-0.1, -0.05) is 93.9 Å². The highest BCUT2D eigenvalue weighted by atomic mass is 35.5. The first-order valence-corrected chi connectivity index (χ1v) is 14.8. The number of piperazine rings is 1. The zero-order valence-electron chi connectivity index (χ0n) is 24.2. The largest absolute Gasteiger partial charge is 0.351 e. The van der Waals surface area contributed by atoms with E-state index in [2.05, 4.69) is 17.2 Å². The second-order valence-corrected chi connectivity index (χ2v) is 13.0. The van der Waals surface area contributed by atoms with Crippen molar-refractivity contribution in [1.82, 2.24) is 20.1 Å². The lowest BCUT2D eigenvalue weighted by atomic mass is 9.85. The summed E-state index contributed by atoms with van der Waals surface area (Å²) in [5.74, 6) is -0.466. The highest BCUT2D eigenvalue weighted by Crippen LogP contribution is 2.39. The number of amides is 3. The molecule has 2 saturated heterocycles. The summed E-state index contributed by atoms with van der Waals surface area (Å²) in [5.41, 5.74) is 3.17. The Morgan fingerprint density at radius 2 is 1.55 bits per heavy atom. The number of aromatic nitrogens is 1. The molecule has 0 spiro atoms. The summed E-state index contributed by atoms with van der Waals surface area (Å²) < 4.78 is 0. The third-order valence-corrected chi connectivity index (χ3v) is 9.12. The van der Waals surface area contributed by atoms with E-state index in [4.69, 9.17) is 11.6 Å². The van der Waals surface area contributed by atoms with Crippen LogP contribution in [0.3, 0.4) is 0 Å². The van der Waals surface area contributed by atoms with Crippen LogP contribution in [0.5, 0.6) is 0 Å². The minimum Gasteiger partial charge on any atom is -0.351 e. The molecule has 2 aliphatic rings. The Morgan fingerprint density at radius 3 is 2.21 bits per heavy atom. The summed E-state index contributed by atoms with van der Waals surface area (Å²) in [6.07, 6.45) is 0. The Hall–Kier alpha value is -4.10. The molecule has 0 saturated carbocycles. The van der Waals surface area contributed by atoms with Crippen LogP contribution >= 0.6 is 11.6 Å². The highest BCUT2D eigenvalue weighted by molar-refractivity contribution is 6.34. The molecule has 7 nitrogen and oxygen atoms in total. The lowest BCUT2D eigenvalue weighted by molar-refractivity contribution is -0.138. The molecule has 3 amide bonds. The molecule has 42 heavy (non-hydrogen) atoms. The summed E-state index contributed by atoms with van der Waals surface area (Å²) in [4.78, 5) is 48.0. The van der Waals surface area contributed by atoms with E-state index in [1.807, 2.05) is 97.3 Å². The predicted octanol–water partition coefficient (Wildman–Crippen LogP) is 6.00. The number of carbonyl (C=O) groups excluding carboxylic acids is 3. The van der Waals surface area contributed by atoms with E-state index in [0.717, 1.165) is 22.0 Å². The molecule has 2 bridgehead atoms. The van der Waals surface area contributed by atoms with Gasteiger partial charge in [-0.3, -0.25) is 14.4 Å². The number of para-hydroxylation sites is 1. The SMILES string of the molecule is C[C@@H]1[C@H]2CN(C(=O)[C@@H](NC(=O)c3cc4ccccc4[nH]3)C(C)(C)C)[C@@H]1CN2C(=O)c1cc(-c2ccccc2)ccc1Cl. The van der Waals surface area contributed by atoms with Crippen LogP contribution in [0.1, 0.15) is 48.5 Å². The Bertz CT molecular complexity index is 1640. The normalized spacial score (nSPS) is 20.6. The molecule has 0 unspecified atom stereocenters. The number of fused-ring (bicyclic) bond motifs is 3. The monoisotopic (exact) mass is 582 g/mol. The van der Waals surface area contributed by atoms with Gasteiger partial charge in [-0.15, -0.1) is 0 Å². The molecule has 4 aromatic rings. The number of hydrogen-bond acceptors (Lipinski definition) is 3. The smallest absolute Gasteiger partial charge is 0.268 e. The molecule has 2 fully saturated rings. The molecule has 4 atom stereocenters. The minimum atomic E-state index is -0.732. The van der Waals surface area contributed by atoms with Gasteiger partial charge in [-0.2, -0.15) is 0 Å². The first kappa shape index (κ1) is 28.0. The van der Waals surface area contributed by atoms with Gasteiger partial charge in [0.05, 0.1) is 22.7 Å². The first-order chi connectivity index (χ1) is 20.0. The molecule has 2 N–H and O–H groups in total. The molecule has 8 heteroatoms. The van der Waals surface area contributed by atoms with Crippen molar-refractivity contribution >= 4 is 40.2 Å². The molecule has 3 aromatic carbocycles. The number of carbonyl (C=O) groups is 3. The van der Waals surface area contributed by atoms with Gasteiger partial charge in [-0.05, 0) is 40.8 Å². The summed E-state index contributed by atoms with van der Waals surface area (Å²) in [6.45, 7) is 8.80. The van der Waals surface area contributed by atoms with Crippen LogP contribution in [0.15, 0.2) is 78.9 Å². The quantitative estimate of drug-likeness (QED) is 0.302. The fraction of sp³-hybridized carbons (Fsp3) is 0.324. The van der Waals surface area contributed by atoms with Crippen molar-refractivity contribution < 1.29 is 14.4 Å². The average Bonchev–Trinajstić information content (AvgIpc) is 3.65. The predicted molar refractivity (Wildman–Crippen MR) is 165 cm³/mol. The summed E-state index contributed by atoms with van der Waals surface area (Å²) in [7, 11) is 0. The number of benzene rings is 3. The van der Waals surface area contributed by atoms with Crippen LogP contribution in [0, 0.1) is 11.3 Å². The number of rotatable bonds is 5. The topological polar surface area (TPSA) is 85.5 Å². The van der Waals surface area contributed by atoms with Crippen LogP contribution in [-0.4, -0.2) is 63.7 Å². The van der Waals surface area contributed by atoms with Crippen molar-refractivity contribution in [3.8, 4) is 11.1 Å². The lowest BCUT2D eigenvalue weighted by Gasteiger charge is -2.39. The van der Waals surface area contributed by atoms with Crippen LogP contribution in [-0.2, 0) is 4.79 Å². The van der Waals surface area contributed by atoms with E-state index in [0.29, 0.717) is 29.4 Å². The Kier molecular flexibility index (Phi) is 7.09. The van der Waals surface area contributed by atoms with E-state index < -0.39 is 11.5 Å². The first-order valence-electron chi connectivity index (χ1n) is 14.4. The van der Waals surface area contributed by atoms with Gasteiger partial charge in [0.25, 0.3) is 11.8 Å². The van der Waals surface area contributed by atoms with Gasteiger partial charge < -0.3 is 20.1 Å². The zero-order valence-corrected chi connectivity index (χ0v) is 25.0. The Labute approximate surface area is 250 Å². The number of nitrogens with zero attached hydrogens (tertiary/aromatic N) is 2. The van der Waals surface area contributed by atoms with E-state index in [-0.39, 0.29) is 35.7 Å². The van der Waals surface area contributed by atoms with Crippen molar-refractivity contribution in [1.29, 1.82) is 0 Å². The highest BCUT2D eigenvalue weighted by Gasteiger charge is 2.54. The maximum Gasteiger partial charge on any atom is 0.268 e. The number of aromatic amines is 1. The summed E-state index contributed by atoms with van der Waals surface area (Å²) in [5, 5.41) is 4.36. The van der Waals surface area contributed by atoms with Crippen molar-refractivity contribution in [2.75, 3.05) is 13.1 Å². The Morgan fingerprint density at radius 1 is 0.881 bits per heavy atom. The number of nitrogens with one attached hydrogen (secondary N) is 2. The molecular weight excluding hydrogens is 548 g/mol. The number of likely N-dealkylation sites (tertiary alicyclic amines) is 2. The number of halogens is 1. The molecule has 2 aliphatic heterocycles. The molecule has 0 aliphatic carbocycles. The summed E-state index contributed by atoms with van der Waals surface area (Å²) in [6, 6.07) is 23.9. The van der Waals surface area contributed by atoms with E-state index in [1.54, 1.807) is 12.1 Å². The van der Waals surface area contributed by atoms with Gasteiger partial charge in [-0.25, -0.2) is 0 Å². The van der Waals surface area contributed by atoms with Gasteiger partial charge >= 0.3 is 0 Å². The minimum absolute atomic E-state index is 0.0963. The molecule has 0 radical (unpaired) electrons. The number of H-pyrrole nitrogens is 1. The zero-order chi connectivity index (χ0) is 29.8. The van der Waals surface area contributed by atoms with Crippen molar-refractivity contribution in [3.63, 3.8) is 0 Å². The molecule has 216 valence electrons. The van der Waals surface area contributed by atoms with Crippen LogP contribution < -0.4 is 5.32 Å². The average molecular weight is 583 g/mol. The third kappa shape index (κ3) is 4.96. The van der Waals surface area contributed by atoms with Crippen molar-refractivity contribution in [2.45, 2.75) is 45.8 Å².